The molecule has 2 saturated heterocycles. The Balaban J connectivity index is 0.00000112. The van der Waals surface area contributed by atoms with Crippen molar-refractivity contribution in [2.24, 2.45) is 5.92 Å². The van der Waals surface area contributed by atoms with Crippen LogP contribution in [0.3, 0.4) is 0 Å². The summed E-state index contributed by atoms with van der Waals surface area (Å²) in [6, 6.07) is 0.845. The molecule has 2 nitrogen and oxygen atoms in total. The van der Waals surface area contributed by atoms with Crippen LogP contribution in [0.15, 0.2) is 0 Å². The van der Waals surface area contributed by atoms with Crippen molar-refractivity contribution in [1.29, 1.82) is 0 Å². The van der Waals surface area contributed by atoms with Gasteiger partial charge in [0, 0.05) is 6.04 Å². The van der Waals surface area contributed by atoms with Gasteiger partial charge >= 0.3 is 0 Å². The quantitative estimate of drug-likeness (QED) is 0.786. The van der Waals surface area contributed by atoms with Gasteiger partial charge in [0.2, 0.25) is 0 Å². The zero-order valence-electron chi connectivity index (χ0n) is 9.87. The molecule has 0 aromatic carbocycles. The summed E-state index contributed by atoms with van der Waals surface area (Å²) in [5, 5.41) is 3.66. The fourth-order valence-electron chi connectivity index (χ4n) is 2.83. The summed E-state index contributed by atoms with van der Waals surface area (Å²) >= 11 is 0. The van der Waals surface area contributed by atoms with E-state index in [1.54, 1.807) is 0 Å². The lowest BCUT2D eigenvalue weighted by atomic mass is 9.87. The first-order valence-corrected chi connectivity index (χ1v) is 6.26. The third kappa shape index (κ3) is 4.29. The molecule has 0 bridgehead atoms. The Hall–Kier alpha value is 0.210. The first kappa shape index (κ1) is 13.3. The molecule has 0 radical (unpaired) electrons. The molecule has 2 aliphatic rings. The average molecular weight is 233 g/mol. The Bertz CT molecular complexity index is 161. The second kappa shape index (κ2) is 6.72. The Kier molecular flexibility index (Phi) is 5.95. The van der Waals surface area contributed by atoms with Crippen molar-refractivity contribution < 1.29 is 0 Å². The number of nitrogens with one attached hydrogen (secondary N) is 1. The molecule has 0 aliphatic carbocycles. The normalized spacial score (nSPS) is 29.8. The van der Waals surface area contributed by atoms with Crippen molar-refractivity contribution in [3.8, 4) is 0 Å². The largest absolute Gasteiger partial charge is 0.314 e. The van der Waals surface area contributed by atoms with Crippen molar-refractivity contribution in [3.63, 3.8) is 0 Å². The molecule has 2 rings (SSSR count). The van der Waals surface area contributed by atoms with Crippen molar-refractivity contribution in [2.75, 3.05) is 26.7 Å². The van der Waals surface area contributed by atoms with Crippen LogP contribution in [-0.2, 0) is 0 Å². The Morgan fingerprint density at radius 3 is 2.47 bits per heavy atom. The van der Waals surface area contributed by atoms with Crippen LogP contribution in [0.5, 0.6) is 0 Å². The molecular formula is C12H25ClN2. The molecule has 0 aromatic rings. The van der Waals surface area contributed by atoms with E-state index in [-0.39, 0.29) is 12.4 Å². The van der Waals surface area contributed by atoms with E-state index < -0.39 is 0 Å². The number of hydrogen-bond acceptors (Lipinski definition) is 2. The van der Waals surface area contributed by atoms with Gasteiger partial charge in [0.1, 0.15) is 0 Å². The lowest BCUT2D eigenvalue weighted by Crippen LogP contribution is -2.38. The molecule has 1 atom stereocenters. The zero-order valence-corrected chi connectivity index (χ0v) is 10.7. The SMILES string of the molecule is CN1CCC(CC2CCCCN2)CC1.Cl. The zero-order chi connectivity index (χ0) is 9.80. The van der Waals surface area contributed by atoms with E-state index in [9.17, 15) is 0 Å². The molecular weight excluding hydrogens is 208 g/mol. The number of piperidine rings is 2. The maximum absolute atomic E-state index is 3.66. The second-order valence-electron chi connectivity index (χ2n) is 5.13. The van der Waals surface area contributed by atoms with Crippen LogP contribution in [0.4, 0.5) is 0 Å². The van der Waals surface area contributed by atoms with Gasteiger partial charge in [-0.1, -0.05) is 6.42 Å². The van der Waals surface area contributed by atoms with E-state index in [4.69, 9.17) is 0 Å². The molecule has 0 spiro atoms. The fourth-order valence-corrected chi connectivity index (χ4v) is 2.83. The summed E-state index contributed by atoms with van der Waals surface area (Å²) in [6.07, 6.45) is 8.55. The van der Waals surface area contributed by atoms with E-state index >= 15 is 0 Å². The molecule has 0 saturated carbocycles. The summed E-state index contributed by atoms with van der Waals surface area (Å²) < 4.78 is 0. The third-order valence-corrected chi connectivity index (χ3v) is 3.87. The van der Waals surface area contributed by atoms with Crippen molar-refractivity contribution in [3.05, 3.63) is 0 Å². The maximum Gasteiger partial charge on any atom is 0.00697 e. The number of halogens is 1. The van der Waals surface area contributed by atoms with E-state index in [2.05, 4.69) is 17.3 Å². The molecule has 0 amide bonds. The lowest BCUT2D eigenvalue weighted by Gasteiger charge is -2.33. The van der Waals surface area contributed by atoms with Crippen LogP contribution < -0.4 is 5.32 Å². The van der Waals surface area contributed by atoms with Gasteiger partial charge in [0.25, 0.3) is 0 Å². The molecule has 2 fully saturated rings. The van der Waals surface area contributed by atoms with E-state index in [1.165, 1.54) is 58.2 Å². The van der Waals surface area contributed by atoms with Crippen LogP contribution in [0.1, 0.15) is 38.5 Å². The topological polar surface area (TPSA) is 15.3 Å². The van der Waals surface area contributed by atoms with Gasteiger partial charge in [0.15, 0.2) is 0 Å². The van der Waals surface area contributed by atoms with E-state index in [0.717, 1.165) is 12.0 Å². The predicted molar refractivity (Wildman–Crippen MR) is 67.7 cm³/mol. The third-order valence-electron chi connectivity index (χ3n) is 3.87. The van der Waals surface area contributed by atoms with Crippen LogP contribution >= 0.6 is 12.4 Å². The fraction of sp³-hybridized carbons (Fsp3) is 1.00. The first-order chi connectivity index (χ1) is 6.84. The maximum atomic E-state index is 3.66. The molecule has 1 N–H and O–H groups in total. The minimum absolute atomic E-state index is 0. The van der Waals surface area contributed by atoms with Crippen LogP contribution in [0.2, 0.25) is 0 Å². The Morgan fingerprint density at radius 2 is 1.87 bits per heavy atom. The van der Waals surface area contributed by atoms with E-state index in [0.29, 0.717) is 0 Å². The highest BCUT2D eigenvalue weighted by atomic mass is 35.5. The monoisotopic (exact) mass is 232 g/mol. The van der Waals surface area contributed by atoms with Crippen LogP contribution in [0, 0.1) is 5.92 Å². The number of hydrogen-bond donors (Lipinski definition) is 1. The molecule has 15 heavy (non-hydrogen) atoms. The average Bonchev–Trinajstić information content (AvgIpc) is 2.23. The highest BCUT2D eigenvalue weighted by Crippen LogP contribution is 2.23. The van der Waals surface area contributed by atoms with E-state index in [1.807, 2.05) is 0 Å². The number of likely N-dealkylation sites (tertiary alicyclic amines) is 1. The van der Waals surface area contributed by atoms with Gasteiger partial charge in [-0.3, -0.25) is 0 Å². The summed E-state index contributed by atoms with van der Waals surface area (Å²) in [5.74, 6) is 1.00. The minimum atomic E-state index is 0. The van der Waals surface area contributed by atoms with Gasteiger partial charge in [0.05, 0.1) is 0 Å². The summed E-state index contributed by atoms with van der Waals surface area (Å²) in [6.45, 7) is 3.89. The highest BCUT2D eigenvalue weighted by Gasteiger charge is 2.21. The first-order valence-electron chi connectivity index (χ1n) is 6.26. The molecule has 3 heteroatoms. The molecule has 2 aliphatic heterocycles. The van der Waals surface area contributed by atoms with Crippen molar-refractivity contribution >= 4 is 12.4 Å². The Morgan fingerprint density at radius 1 is 1.13 bits per heavy atom. The highest BCUT2D eigenvalue weighted by molar-refractivity contribution is 5.85. The number of rotatable bonds is 2. The standard InChI is InChI=1S/C12H24N2.ClH/c1-14-8-5-11(6-9-14)10-12-4-2-3-7-13-12;/h11-13H,2-10H2,1H3;1H. The minimum Gasteiger partial charge on any atom is -0.314 e. The van der Waals surface area contributed by atoms with Gasteiger partial charge in [-0.2, -0.15) is 0 Å². The lowest BCUT2D eigenvalue weighted by molar-refractivity contribution is 0.193. The second-order valence-corrected chi connectivity index (χ2v) is 5.13. The molecule has 90 valence electrons. The summed E-state index contributed by atoms with van der Waals surface area (Å²) in [5.41, 5.74) is 0. The molecule has 1 unspecified atom stereocenters. The van der Waals surface area contributed by atoms with Crippen LogP contribution in [-0.4, -0.2) is 37.6 Å². The predicted octanol–water partition coefficient (Wildman–Crippen LogP) is 2.28. The molecule has 0 aromatic heterocycles. The van der Waals surface area contributed by atoms with Gasteiger partial charge < -0.3 is 10.2 Å². The molecule has 2 heterocycles. The van der Waals surface area contributed by atoms with Gasteiger partial charge in [-0.15, -0.1) is 12.4 Å². The van der Waals surface area contributed by atoms with Crippen molar-refractivity contribution in [2.45, 2.75) is 44.6 Å². The van der Waals surface area contributed by atoms with Crippen molar-refractivity contribution in [1.82, 2.24) is 10.2 Å². The summed E-state index contributed by atoms with van der Waals surface area (Å²) in [4.78, 5) is 2.46. The summed E-state index contributed by atoms with van der Waals surface area (Å²) in [7, 11) is 2.25. The smallest absolute Gasteiger partial charge is 0.00697 e. The van der Waals surface area contributed by atoms with Gasteiger partial charge in [-0.25, -0.2) is 0 Å². The Labute approximate surface area is 100 Å². The number of nitrogens with zero attached hydrogens (tertiary/aromatic N) is 1. The van der Waals surface area contributed by atoms with Gasteiger partial charge in [-0.05, 0) is 64.7 Å². The van der Waals surface area contributed by atoms with Crippen LogP contribution in [0.25, 0.3) is 0 Å².